The average molecular weight is 259 g/mol. The molecule has 0 fully saturated rings. The van der Waals surface area contributed by atoms with Crippen molar-refractivity contribution < 1.29 is 42.3 Å². The van der Waals surface area contributed by atoms with Gasteiger partial charge in [0.2, 0.25) is 0 Å². The van der Waals surface area contributed by atoms with Gasteiger partial charge in [0.05, 0.1) is 0 Å². The molecular weight excluding hydrogens is 245 g/mol. The fourth-order valence-corrected chi connectivity index (χ4v) is 0.191. The number of amides is 2. The number of hydrogen-bond donors (Lipinski definition) is 1. The first-order valence-electron chi connectivity index (χ1n) is 3.25. The van der Waals surface area contributed by atoms with E-state index in [4.69, 9.17) is 0 Å². The molecule has 13 heavy (non-hydrogen) atoms. The van der Waals surface area contributed by atoms with Crippen LogP contribution in [0.1, 0.15) is 6.92 Å². The molecule has 73 valence electrons. The zero-order valence-corrected chi connectivity index (χ0v) is 11.1. The Morgan fingerprint density at radius 1 is 1.62 bits per heavy atom. The number of nitrogens with zero attached hydrogens (tertiary/aromatic N) is 1. The maximum atomic E-state index is 10.3. The fraction of sp³-hybridized carbons (Fsp3) is 0.375. The van der Waals surface area contributed by atoms with Crippen molar-refractivity contribution in [3.63, 3.8) is 0 Å². The predicted octanol–water partition coefficient (Wildman–Crippen LogP) is 0.719. The standard InChI is InChI=1S/C4H9N2O.C4H5O.Y/c1-5-4(7)6(2)3;1-4(2)3-5;/h2H2,1,3H3,(H,5,7);1H2,2H3;/q2*-1;. The molecule has 0 aromatic carbocycles. The zero-order valence-electron chi connectivity index (χ0n) is 8.26. The van der Waals surface area contributed by atoms with Crippen molar-refractivity contribution >= 4 is 12.3 Å². The first kappa shape index (κ1) is 18.5. The van der Waals surface area contributed by atoms with Crippen molar-refractivity contribution in [3.05, 3.63) is 19.2 Å². The summed E-state index contributed by atoms with van der Waals surface area (Å²) in [5.74, 6) is 0. The Morgan fingerprint density at radius 2 is 1.92 bits per heavy atom. The summed E-state index contributed by atoms with van der Waals surface area (Å²) in [5.41, 5.74) is 0.449. The minimum Gasteiger partial charge on any atom is -0.480 e. The van der Waals surface area contributed by atoms with E-state index in [9.17, 15) is 9.59 Å². The number of carbonyl (C=O) groups is 1. The van der Waals surface area contributed by atoms with Crippen molar-refractivity contribution in [2.45, 2.75) is 6.92 Å². The molecule has 4 nitrogen and oxygen atoms in total. The molecule has 0 aromatic rings. The Kier molecular flexibility index (Phi) is 16.8. The SMILES string of the molecule is C=C(C)[C-]=O.[CH2-]N(C)C(=O)NC.[Y]. The van der Waals surface area contributed by atoms with E-state index in [0.717, 1.165) is 0 Å². The molecule has 5 heteroatoms. The van der Waals surface area contributed by atoms with Crippen LogP contribution in [-0.4, -0.2) is 31.3 Å². The van der Waals surface area contributed by atoms with Crippen molar-refractivity contribution in [3.8, 4) is 0 Å². The molecule has 1 radical (unpaired) electrons. The minimum atomic E-state index is -0.181. The maximum absolute atomic E-state index is 10.3. The largest absolute Gasteiger partial charge is 0.480 e. The molecule has 0 saturated heterocycles. The van der Waals surface area contributed by atoms with Crippen LogP contribution in [0.2, 0.25) is 0 Å². The van der Waals surface area contributed by atoms with Crippen LogP contribution in [0.4, 0.5) is 4.79 Å². The minimum absolute atomic E-state index is 0. The predicted molar refractivity (Wildman–Crippen MR) is 48.1 cm³/mol. The number of allylic oxidation sites excluding steroid dienone is 1. The van der Waals surface area contributed by atoms with Crippen LogP contribution < -0.4 is 5.32 Å². The summed E-state index contributed by atoms with van der Waals surface area (Å²) in [4.78, 5) is 20.8. The van der Waals surface area contributed by atoms with E-state index in [1.54, 1.807) is 27.3 Å². The van der Waals surface area contributed by atoms with Gasteiger partial charge in [0.15, 0.2) is 0 Å². The first-order valence-corrected chi connectivity index (χ1v) is 3.25. The Hall–Kier alpha value is -0.216. The maximum Gasteiger partial charge on any atom is 0.287 e. The molecule has 0 unspecified atom stereocenters. The van der Waals surface area contributed by atoms with Gasteiger partial charge in [-0.3, -0.25) is 11.8 Å². The number of carbonyl (C=O) groups excluding carboxylic acids is 2. The summed E-state index contributed by atoms with van der Waals surface area (Å²) < 4.78 is 0. The van der Waals surface area contributed by atoms with Gasteiger partial charge in [0.1, 0.15) is 0 Å². The summed E-state index contributed by atoms with van der Waals surface area (Å²) in [5, 5.41) is 2.39. The fourth-order valence-electron chi connectivity index (χ4n) is 0.191. The molecule has 0 bridgehead atoms. The van der Waals surface area contributed by atoms with Crippen molar-refractivity contribution in [1.29, 1.82) is 0 Å². The number of nitrogens with one attached hydrogen (secondary N) is 1. The summed E-state index contributed by atoms with van der Waals surface area (Å²) in [6.07, 6.45) is 1.58. The molecule has 0 aromatic heterocycles. The summed E-state index contributed by atoms with van der Waals surface area (Å²) >= 11 is 0. The van der Waals surface area contributed by atoms with Gasteiger partial charge in [0.25, 0.3) is 6.03 Å². The average Bonchev–Trinajstić information content (AvgIpc) is 2.04. The van der Waals surface area contributed by atoms with Crippen molar-refractivity contribution in [2.24, 2.45) is 0 Å². The molecule has 1 N–H and O–H groups in total. The quantitative estimate of drug-likeness (QED) is 0.557. The Bertz CT molecular complexity index is 170. The van der Waals surface area contributed by atoms with Gasteiger partial charge in [-0.15, -0.1) is 0 Å². The van der Waals surface area contributed by atoms with E-state index in [0.29, 0.717) is 5.57 Å². The van der Waals surface area contributed by atoms with E-state index in [2.05, 4.69) is 18.9 Å². The van der Waals surface area contributed by atoms with Crippen molar-refractivity contribution in [2.75, 3.05) is 14.1 Å². The van der Waals surface area contributed by atoms with Gasteiger partial charge in [0, 0.05) is 39.8 Å². The molecular formula is C8H14N2O2Y-2. The topological polar surface area (TPSA) is 49.4 Å². The normalized spacial score (nSPS) is 6.77. The first-order chi connectivity index (χ1) is 5.45. The Morgan fingerprint density at radius 3 is 1.92 bits per heavy atom. The monoisotopic (exact) mass is 259 g/mol. The molecule has 0 saturated carbocycles. The van der Waals surface area contributed by atoms with Crippen LogP contribution in [0, 0.1) is 7.05 Å². The van der Waals surface area contributed by atoms with E-state index in [-0.39, 0.29) is 38.7 Å². The molecule has 0 heterocycles. The van der Waals surface area contributed by atoms with Crippen LogP contribution in [0.5, 0.6) is 0 Å². The van der Waals surface area contributed by atoms with E-state index in [1.165, 1.54) is 4.90 Å². The Labute approximate surface area is 105 Å². The van der Waals surface area contributed by atoms with E-state index < -0.39 is 0 Å². The van der Waals surface area contributed by atoms with Crippen LogP contribution in [0.15, 0.2) is 12.2 Å². The molecule has 0 aliphatic carbocycles. The number of hydrogen-bond acceptors (Lipinski definition) is 2. The molecule has 0 spiro atoms. The zero-order chi connectivity index (χ0) is 10.1. The van der Waals surface area contributed by atoms with Gasteiger partial charge in [-0.2, -0.15) is 5.57 Å². The molecule has 0 rings (SSSR count). The van der Waals surface area contributed by atoms with Gasteiger partial charge < -0.3 is 15.0 Å². The molecule has 2 amide bonds. The van der Waals surface area contributed by atoms with E-state index >= 15 is 0 Å². The third-order valence-corrected chi connectivity index (χ3v) is 0.735. The molecule has 0 atom stereocenters. The van der Waals surface area contributed by atoms with Crippen LogP contribution >= 0.6 is 0 Å². The van der Waals surface area contributed by atoms with Crippen LogP contribution in [0.25, 0.3) is 0 Å². The number of urea groups is 1. The van der Waals surface area contributed by atoms with E-state index in [1.807, 2.05) is 0 Å². The molecule has 0 aliphatic heterocycles. The van der Waals surface area contributed by atoms with Gasteiger partial charge in [-0.25, -0.2) is 6.58 Å². The van der Waals surface area contributed by atoms with Crippen LogP contribution in [-0.2, 0) is 37.5 Å². The third kappa shape index (κ3) is 18.6. The van der Waals surface area contributed by atoms with Gasteiger partial charge in [-0.05, 0) is 13.3 Å². The summed E-state index contributed by atoms with van der Waals surface area (Å²) in [6.45, 7) is 4.85. The smallest absolute Gasteiger partial charge is 0.287 e. The summed E-state index contributed by atoms with van der Waals surface area (Å²) in [6, 6.07) is -0.181. The second-order valence-corrected chi connectivity index (χ2v) is 2.14. The number of rotatable bonds is 1. The van der Waals surface area contributed by atoms with Gasteiger partial charge >= 0.3 is 0 Å². The second-order valence-electron chi connectivity index (χ2n) is 2.14. The van der Waals surface area contributed by atoms with Crippen LogP contribution in [0.3, 0.4) is 0 Å². The third-order valence-electron chi connectivity index (χ3n) is 0.735. The second kappa shape index (κ2) is 11.8. The molecule has 0 aliphatic rings. The summed E-state index contributed by atoms with van der Waals surface area (Å²) in [7, 11) is 6.47. The van der Waals surface area contributed by atoms with Crippen molar-refractivity contribution in [1.82, 2.24) is 10.2 Å². The Balaban J connectivity index is -0.000000150. The van der Waals surface area contributed by atoms with Gasteiger partial charge in [-0.1, -0.05) is 6.92 Å².